The number of hydrogen-bond donors (Lipinski definition) is 0. The van der Waals surface area contributed by atoms with Crippen LogP contribution in [0.4, 0.5) is 0 Å². The van der Waals surface area contributed by atoms with Crippen molar-refractivity contribution in [1.29, 1.82) is 0 Å². The third kappa shape index (κ3) is 3.19. The van der Waals surface area contributed by atoms with Crippen molar-refractivity contribution in [3.63, 3.8) is 0 Å². The van der Waals surface area contributed by atoms with Crippen molar-refractivity contribution in [2.24, 2.45) is 0 Å². The van der Waals surface area contributed by atoms with Crippen molar-refractivity contribution < 1.29 is 14.2 Å². The van der Waals surface area contributed by atoms with Gasteiger partial charge in [-0.25, -0.2) is 0 Å². The first-order valence-corrected chi connectivity index (χ1v) is 7.16. The fourth-order valence-electron chi connectivity index (χ4n) is 1.99. The van der Waals surface area contributed by atoms with Gasteiger partial charge in [-0.15, -0.1) is 0 Å². The van der Waals surface area contributed by atoms with E-state index >= 15 is 0 Å². The van der Waals surface area contributed by atoms with Crippen LogP contribution in [-0.2, 0) is 4.74 Å². The Balaban J connectivity index is 2.29. The van der Waals surface area contributed by atoms with Crippen molar-refractivity contribution in [2.75, 3.05) is 40.5 Å². The fourth-order valence-corrected chi connectivity index (χ4v) is 2.89. The van der Waals surface area contributed by atoms with Gasteiger partial charge in [0.25, 0.3) is 0 Å². The highest BCUT2D eigenvalue weighted by molar-refractivity contribution is 9.10. The number of hydrogen-bond acceptors (Lipinski definition) is 4. The molecular formula is C13H16BrNO3S. The molecule has 6 heteroatoms. The molecule has 1 aliphatic rings. The van der Waals surface area contributed by atoms with Crippen LogP contribution in [0.2, 0.25) is 0 Å². The van der Waals surface area contributed by atoms with E-state index in [4.69, 9.17) is 26.4 Å². The molecule has 0 amide bonds. The summed E-state index contributed by atoms with van der Waals surface area (Å²) in [6.45, 7) is 3.08. The minimum Gasteiger partial charge on any atom is -0.493 e. The van der Waals surface area contributed by atoms with E-state index in [1.165, 1.54) is 0 Å². The second-order valence-electron chi connectivity index (χ2n) is 4.10. The summed E-state index contributed by atoms with van der Waals surface area (Å²) in [6, 6.07) is 3.86. The maximum absolute atomic E-state index is 5.54. The molecule has 0 atom stereocenters. The lowest BCUT2D eigenvalue weighted by molar-refractivity contribution is 0.0693. The molecule has 0 bridgehead atoms. The first-order chi connectivity index (χ1) is 9.17. The summed E-state index contributed by atoms with van der Waals surface area (Å²) in [5, 5.41) is 0. The van der Waals surface area contributed by atoms with E-state index in [1.807, 2.05) is 12.1 Å². The monoisotopic (exact) mass is 345 g/mol. The van der Waals surface area contributed by atoms with Crippen molar-refractivity contribution in [1.82, 2.24) is 4.90 Å². The van der Waals surface area contributed by atoms with Gasteiger partial charge in [0.1, 0.15) is 4.99 Å². The molecule has 4 nitrogen and oxygen atoms in total. The topological polar surface area (TPSA) is 30.9 Å². The number of methoxy groups -OCH3 is 2. The first-order valence-electron chi connectivity index (χ1n) is 5.96. The second-order valence-corrected chi connectivity index (χ2v) is 5.34. The number of thiocarbonyl (C=S) groups is 1. The molecule has 104 valence electrons. The van der Waals surface area contributed by atoms with Crippen LogP contribution in [-0.4, -0.2) is 50.4 Å². The molecule has 2 rings (SSSR count). The summed E-state index contributed by atoms with van der Waals surface area (Å²) in [4.78, 5) is 2.96. The van der Waals surface area contributed by atoms with Crippen LogP contribution < -0.4 is 9.47 Å². The number of halogens is 1. The van der Waals surface area contributed by atoms with Gasteiger partial charge >= 0.3 is 0 Å². The summed E-state index contributed by atoms with van der Waals surface area (Å²) < 4.78 is 16.8. The number of morpholine rings is 1. The molecular weight excluding hydrogens is 330 g/mol. The summed E-state index contributed by atoms with van der Waals surface area (Å²) in [7, 11) is 3.23. The smallest absolute Gasteiger partial charge is 0.174 e. The van der Waals surface area contributed by atoms with E-state index in [9.17, 15) is 0 Å². The lowest BCUT2D eigenvalue weighted by Crippen LogP contribution is -2.40. The average Bonchev–Trinajstić information content (AvgIpc) is 2.46. The van der Waals surface area contributed by atoms with Crippen LogP contribution in [0.15, 0.2) is 16.6 Å². The standard InChI is InChI=1S/C13H16BrNO3S/c1-16-11-8-9(7-10(14)12(11)17-2)13(19)15-3-5-18-6-4-15/h7-8H,3-6H2,1-2H3. The zero-order valence-electron chi connectivity index (χ0n) is 10.9. The van der Waals surface area contributed by atoms with Crippen LogP contribution in [0.1, 0.15) is 5.56 Å². The lowest BCUT2D eigenvalue weighted by atomic mass is 10.1. The second kappa shape index (κ2) is 6.54. The van der Waals surface area contributed by atoms with Gasteiger partial charge in [0.2, 0.25) is 0 Å². The molecule has 0 N–H and O–H groups in total. The van der Waals surface area contributed by atoms with Crippen LogP contribution in [0, 0.1) is 0 Å². The Morgan fingerprint density at radius 3 is 2.53 bits per heavy atom. The fraction of sp³-hybridized carbons (Fsp3) is 0.462. The largest absolute Gasteiger partial charge is 0.493 e. The molecule has 0 radical (unpaired) electrons. The Bertz CT molecular complexity index is 475. The molecule has 1 saturated heterocycles. The zero-order valence-corrected chi connectivity index (χ0v) is 13.3. The van der Waals surface area contributed by atoms with Crippen LogP contribution in [0.5, 0.6) is 11.5 Å². The highest BCUT2D eigenvalue weighted by Crippen LogP contribution is 2.36. The van der Waals surface area contributed by atoms with E-state index < -0.39 is 0 Å². The summed E-state index contributed by atoms with van der Waals surface area (Å²) in [5.41, 5.74) is 0.946. The predicted molar refractivity (Wildman–Crippen MR) is 81.3 cm³/mol. The maximum Gasteiger partial charge on any atom is 0.174 e. The first kappa shape index (κ1) is 14.6. The van der Waals surface area contributed by atoms with Crippen LogP contribution in [0.25, 0.3) is 0 Å². The summed E-state index contributed by atoms with van der Waals surface area (Å²) in [6.07, 6.45) is 0. The lowest BCUT2D eigenvalue weighted by Gasteiger charge is -2.29. The Hall–Kier alpha value is -0.850. The molecule has 1 aliphatic heterocycles. The van der Waals surface area contributed by atoms with E-state index in [1.54, 1.807) is 14.2 Å². The van der Waals surface area contributed by atoms with Gasteiger partial charge in [-0.1, -0.05) is 12.2 Å². The molecule has 0 saturated carbocycles. The third-order valence-electron chi connectivity index (χ3n) is 2.98. The maximum atomic E-state index is 5.54. The van der Waals surface area contributed by atoms with Gasteiger partial charge in [0.05, 0.1) is 31.9 Å². The Kier molecular flexibility index (Phi) is 5.01. The molecule has 19 heavy (non-hydrogen) atoms. The van der Waals surface area contributed by atoms with E-state index in [0.717, 1.165) is 28.1 Å². The van der Waals surface area contributed by atoms with Gasteiger partial charge in [0.15, 0.2) is 11.5 Å². The molecule has 1 fully saturated rings. The molecule has 1 aromatic rings. The van der Waals surface area contributed by atoms with Gasteiger partial charge in [0, 0.05) is 18.7 Å². The molecule has 0 aliphatic carbocycles. The minimum atomic E-state index is 0.669. The normalized spacial score (nSPS) is 15.2. The molecule has 0 aromatic heterocycles. The third-order valence-corrected chi connectivity index (χ3v) is 4.06. The quantitative estimate of drug-likeness (QED) is 0.785. The van der Waals surface area contributed by atoms with Crippen molar-refractivity contribution in [3.05, 3.63) is 22.2 Å². The molecule has 0 unspecified atom stereocenters. The average molecular weight is 346 g/mol. The molecule has 0 spiro atoms. The van der Waals surface area contributed by atoms with E-state index in [2.05, 4.69) is 20.8 Å². The summed E-state index contributed by atoms with van der Waals surface area (Å²) >= 11 is 9.02. The van der Waals surface area contributed by atoms with Crippen LogP contribution in [0.3, 0.4) is 0 Å². The number of benzene rings is 1. The summed E-state index contributed by atoms with van der Waals surface area (Å²) in [5.74, 6) is 1.35. The van der Waals surface area contributed by atoms with Crippen molar-refractivity contribution in [2.45, 2.75) is 0 Å². The minimum absolute atomic E-state index is 0.669. The van der Waals surface area contributed by atoms with Gasteiger partial charge < -0.3 is 19.1 Å². The SMILES string of the molecule is COc1cc(C(=S)N2CCOCC2)cc(Br)c1OC. The molecule has 1 aromatic carbocycles. The number of rotatable bonds is 3. The Morgan fingerprint density at radius 2 is 1.95 bits per heavy atom. The van der Waals surface area contributed by atoms with Gasteiger partial charge in [-0.2, -0.15) is 0 Å². The Morgan fingerprint density at radius 1 is 1.26 bits per heavy atom. The van der Waals surface area contributed by atoms with Gasteiger partial charge in [-0.3, -0.25) is 0 Å². The number of ether oxygens (including phenoxy) is 3. The van der Waals surface area contributed by atoms with Crippen LogP contribution >= 0.6 is 28.1 Å². The number of nitrogens with zero attached hydrogens (tertiary/aromatic N) is 1. The van der Waals surface area contributed by atoms with E-state index in [-0.39, 0.29) is 0 Å². The molecule has 1 heterocycles. The highest BCUT2D eigenvalue weighted by Gasteiger charge is 2.18. The van der Waals surface area contributed by atoms with Gasteiger partial charge in [-0.05, 0) is 28.1 Å². The van der Waals surface area contributed by atoms with Crippen molar-refractivity contribution >= 4 is 33.1 Å². The zero-order chi connectivity index (χ0) is 13.8. The highest BCUT2D eigenvalue weighted by atomic mass is 79.9. The van der Waals surface area contributed by atoms with E-state index in [0.29, 0.717) is 24.7 Å². The Labute approximate surface area is 126 Å². The van der Waals surface area contributed by atoms with Crippen molar-refractivity contribution in [3.8, 4) is 11.5 Å². The predicted octanol–water partition coefficient (Wildman–Crippen LogP) is 2.47.